The molecule has 0 fully saturated rings. The van der Waals surface area contributed by atoms with E-state index in [2.05, 4.69) is 63.5 Å². The van der Waals surface area contributed by atoms with Gasteiger partial charge < -0.3 is 9.80 Å². The monoisotopic (exact) mass is 578 g/mol. The van der Waals surface area contributed by atoms with Gasteiger partial charge in [0.15, 0.2) is 11.2 Å². The van der Waals surface area contributed by atoms with Crippen molar-refractivity contribution in [1.29, 1.82) is 0 Å². The Morgan fingerprint density at radius 3 is 1.60 bits per heavy atom. The number of fused-ring (bicyclic) bond motifs is 2. The van der Waals surface area contributed by atoms with Gasteiger partial charge in [-0.15, -0.1) is 11.3 Å². The van der Waals surface area contributed by atoms with Crippen molar-refractivity contribution < 1.29 is 4.79 Å². The van der Waals surface area contributed by atoms with Crippen LogP contribution in [0, 0.1) is 0 Å². The third kappa shape index (κ3) is 6.91. The molecule has 0 saturated carbocycles. The Morgan fingerprint density at radius 2 is 1.12 bits per heavy atom. The Bertz CT molecular complexity index is 1620. The summed E-state index contributed by atoms with van der Waals surface area (Å²) in [6.45, 7) is 16.7. The first kappa shape index (κ1) is 31.0. The molecule has 0 aliphatic carbocycles. The first-order chi connectivity index (χ1) is 20.3. The Hall–Kier alpha value is -3.96. The molecular formula is C37H42N2O2S. The van der Waals surface area contributed by atoms with Crippen LogP contribution in [-0.4, -0.2) is 32.0 Å². The number of hydrogen-bond acceptors (Lipinski definition) is 5. The lowest BCUT2D eigenvalue weighted by Gasteiger charge is -2.21. The van der Waals surface area contributed by atoms with E-state index >= 15 is 0 Å². The molecule has 0 N–H and O–H groups in total. The van der Waals surface area contributed by atoms with Crippen LogP contribution in [-0.2, 0) is 0 Å². The molecule has 5 rings (SSSR count). The van der Waals surface area contributed by atoms with Crippen LogP contribution in [0.15, 0.2) is 95.8 Å². The lowest BCUT2D eigenvalue weighted by atomic mass is 10.0. The third-order valence-corrected chi connectivity index (χ3v) is 8.93. The molecule has 0 amide bonds. The number of carbonyl (C=O) groups excluding carboxylic acids is 1. The van der Waals surface area contributed by atoms with E-state index in [1.165, 1.54) is 5.56 Å². The van der Waals surface area contributed by atoms with Crippen molar-refractivity contribution in [2.45, 2.75) is 47.5 Å². The van der Waals surface area contributed by atoms with Gasteiger partial charge in [-0.05, 0) is 112 Å². The van der Waals surface area contributed by atoms with Gasteiger partial charge in [0, 0.05) is 68.9 Å². The van der Waals surface area contributed by atoms with Gasteiger partial charge in [-0.25, -0.2) is 0 Å². The first-order valence-corrected chi connectivity index (χ1v) is 15.8. The topological polar surface area (TPSA) is 40.6 Å². The maximum absolute atomic E-state index is 12.7. The molecule has 0 bridgehead atoms. The minimum absolute atomic E-state index is 0.0761. The van der Waals surface area contributed by atoms with Gasteiger partial charge in [0.25, 0.3) is 0 Å². The molecule has 1 heterocycles. The second kappa shape index (κ2) is 14.3. The van der Waals surface area contributed by atoms with Crippen molar-refractivity contribution in [2.24, 2.45) is 0 Å². The highest BCUT2D eigenvalue weighted by atomic mass is 32.1. The molecule has 0 aliphatic rings. The van der Waals surface area contributed by atoms with Crippen molar-refractivity contribution in [3.05, 3.63) is 118 Å². The number of carbonyl (C=O) groups is 1. The van der Waals surface area contributed by atoms with Crippen LogP contribution in [0.25, 0.3) is 20.2 Å². The standard InChI is InChI=1S/C21H28N2O.C16H14OS/c1-5-22(6-2)19-13-9-17(10-14-19)21(24)18-11-15-20(16-12-18)23(7-3)8-4;1-10(2)11-7-8-15-13(9-11)16(17)12-5-3-4-6-14(12)18-15/h9-16H,5-8H2,1-4H3;3-10H,1-2H3. The Kier molecular flexibility index (Phi) is 10.5. The van der Waals surface area contributed by atoms with Crippen molar-refractivity contribution in [2.75, 3.05) is 36.0 Å². The van der Waals surface area contributed by atoms with Gasteiger partial charge in [0.05, 0.1) is 0 Å². The maximum Gasteiger partial charge on any atom is 0.195 e. The minimum Gasteiger partial charge on any atom is -0.372 e. The Labute approximate surface area is 254 Å². The molecule has 5 aromatic rings. The zero-order valence-corrected chi connectivity index (χ0v) is 26.5. The van der Waals surface area contributed by atoms with Crippen molar-refractivity contribution >= 4 is 48.7 Å². The molecule has 0 spiro atoms. The molecular weight excluding hydrogens is 536 g/mol. The third-order valence-electron chi connectivity index (χ3n) is 7.78. The first-order valence-electron chi connectivity index (χ1n) is 15.0. The van der Waals surface area contributed by atoms with Crippen LogP contribution in [0.4, 0.5) is 11.4 Å². The zero-order valence-electron chi connectivity index (χ0n) is 25.7. The second-order valence-corrected chi connectivity index (χ2v) is 11.7. The highest BCUT2D eigenvalue weighted by Gasteiger charge is 2.11. The van der Waals surface area contributed by atoms with Crippen LogP contribution in [0.1, 0.15) is 68.9 Å². The average Bonchev–Trinajstić information content (AvgIpc) is 3.03. The van der Waals surface area contributed by atoms with E-state index in [-0.39, 0.29) is 11.2 Å². The molecule has 0 saturated heterocycles. The maximum atomic E-state index is 12.7. The summed E-state index contributed by atoms with van der Waals surface area (Å²) in [6.07, 6.45) is 0. The van der Waals surface area contributed by atoms with Gasteiger partial charge in [-0.2, -0.15) is 0 Å². The SMILES string of the molecule is CC(C)c1ccc2sc3ccccc3c(=O)c2c1.CCN(CC)c1ccc(C(=O)c2ccc(N(CC)CC)cc2)cc1. The van der Waals surface area contributed by atoms with Crippen LogP contribution >= 0.6 is 11.3 Å². The van der Waals surface area contributed by atoms with Crippen LogP contribution < -0.4 is 15.2 Å². The highest BCUT2D eigenvalue weighted by Crippen LogP contribution is 2.27. The van der Waals surface area contributed by atoms with Crippen LogP contribution in [0.3, 0.4) is 0 Å². The molecule has 0 aliphatic heterocycles. The van der Waals surface area contributed by atoms with Gasteiger partial charge in [-0.1, -0.05) is 32.0 Å². The van der Waals surface area contributed by atoms with Crippen molar-refractivity contribution in [3.63, 3.8) is 0 Å². The fraction of sp³-hybridized carbons (Fsp3) is 0.297. The summed E-state index contributed by atoms with van der Waals surface area (Å²) in [5, 5.41) is 1.68. The number of nitrogens with zero attached hydrogens (tertiary/aromatic N) is 2. The van der Waals surface area contributed by atoms with Gasteiger partial charge in [0.1, 0.15) is 0 Å². The fourth-order valence-electron chi connectivity index (χ4n) is 5.17. The molecule has 4 aromatic carbocycles. The summed E-state index contributed by atoms with van der Waals surface area (Å²) in [6, 6.07) is 29.9. The number of benzene rings is 4. The molecule has 5 heteroatoms. The Morgan fingerprint density at radius 1 is 0.643 bits per heavy atom. The lowest BCUT2D eigenvalue weighted by molar-refractivity contribution is 0.103. The van der Waals surface area contributed by atoms with Gasteiger partial charge in [-0.3, -0.25) is 9.59 Å². The molecule has 0 atom stereocenters. The average molecular weight is 579 g/mol. The van der Waals surface area contributed by atoms with E-state index in [4.69, 9.17) is 0 Å². The van der Waals surface area contributed by atoms with Gasteiger partial charge >= 0.3 is 0 Å². The van der Waals surface area contributed by atoms with E-state index in [9.17, 15) is 9.59 Å². The minimum atomic E-state index is 0.0761. The molecule has 42 heavy (non-hydrogen) atoms. The fourth-order valence-corrected chi connectivity index (χ4v) is 6.22. The van der Waals surface area contributed by atoms with Crippen molar-refractivity contribution in [3.8, 4) is 0 Å². The summed E-state index contributed by atoms with van der Waals surface area (Å²) in [5.41, 5.74) is 5.17. The predicted octanol–water partition coefficient (Wildman–Crippen LogP) is 9.15. The number of hydrogen-bond donors (Lipinski definition) is 0. The largest absolute Gasteiger partial charge is 0.372 e. The summed E-state index contributed by atoms with van der Waals surface area (Å²) < 4.78 is 2.13. The van der Waals surface area contributed by atoms with Crippen LogP contribution in [0.5, 0.6) is 0 Å². The number of anilines is 2. The number of rotatable bonds is 9. The predicted molar refractivity (Wildman–Crippen MR) is 183 cm³/mol. The van der Waals surface area contributed by atoms with E-state index < -0.39 is 0 Å². The smallest absolute Gasteiger partial charge is 0.195 e. The highest BCUT2D eigenvalue weighted by molar-refractivity contribution is 7.24. The van der Waals surface area contributed by atoms with E-state index in [0.29, 0.717) is 5.92 Å². The Balaban J connectivity index is 0.000000200. The molecule has 0 unspecified atom stereocenters. The molecule has 218 valence electrons. The normalized spacial score (nSPS) is 10.9. The van der Waals surface area contributed by atoms with E-state index in [0.717, 1.165) is 68.9 Å². The summed E-state index contributed by atoms with van der Waals surface area (Å²) in [7, 11) is 0. The summed E-state index contributed by atoms with van der Waals surface area (Å²) >= 11 is 1.69. The number of ketones is 1. The van der Waals surface area contributed by atoms with E-state index in [1.54, 1.807) is 11.3 Å². The molecule has 0 radical (unpaired) electrons. The van der Waals surface area contributed by atoms with Crippen LogP contribution in [0.2, 0.25) is 0 Å². The second-order valence-electron chi connectivity index (χ2n) is 10.6. The molecule has 4 nitrogen and oxygen atoms in total. The van der Waals surface area contributed by atoms with Crippen molar-refractivity contribution in [1.82, 2.24) is 0 Å². The summed E-state index contributed by atoms with van der Waals surface area (Å²) in [5.74, 6) is 0.525. The quantitative estimate of drug-likeness (QED) is 0.129. The van der Waals surface area contributed by atoms with Gasteiger partial charge in [0.2, 0.25) is 0 Å². The molecule has 1 aromatic heterocycles. The zero-order chi connectivity index (χ0) is 30.2. The van der Waals surface area contributed by atoms with E-state index in [1.807, 2.05) is 78.9 Å². The lowest BCUT2D eigenvalue weighted by Crippen LogP contribution is -2.22. The summed E-state index contributed by atoms with van der Waals surface area (Å²) in [4.78, 5) is 29.7.